The van der Waals surface area contributed by atoms with Crippen LogP contribution in [0.25, 0.3) is 0 Å². The van der Waals surface area contributed by atoms with Gasteiger partial charge in [-0.05, 0) is 12.0 Å². The summed E-state index contributed by atoms with van der Waals surface area (Å²) in [6.45, 7) is 0.353. The van der Waals surface area contributed by atoms with Crippen molar-refractivity contribution >= 4 is 5.91 Å². The van der Waals surface area contributed by atoms with Gasteiger partial charge in [0.1, 0.15) is 5.92 Å². The van der Waals surface area contributed by atoms with Crippen LogP contribution in [0.4, 0.5) is 0 Å². The van der Waals surface area contributed by atoms with Crippen molar-refractivity contribution in [3.8, 4) is 6.07 Å². The summed E-state index contributed by atoms with van der Waals surface area (Å²) in [5, 5.41) is 11.8. The van der Waals surface area contributed by atoms with Gasteiger partial charge in [0.15, 0.2) is 0 Å². The molecule has 1 amide bonds. The number of carbonyl (C=O) groups excluding carboxylic acids is 1. The third-order valence-corrected chi connectivity index (χ3v) is 2.76. The molecule has 0 fully saturated rings. The predicted molar refractivity (Wildman–Crippen MR) is 69.7 cm³/mol. The van der Waals surface area contributed by atoms with Crippen molar-refractivity contribution < 1.29 is 4.79 Å². The van der Waals surface area contributed by atoms with Crippen molar-refractivity contribution in [3.05, 3.63) is 54.1 Å². The molecule has 5 nitrogen and oxygen atoms in total. The summed E-state index contributed by atoms with van der Waals surface area (Å²) < 4.78 is 0. The van der Waals surface area contributed by atoms with Gasteiger partial charge < -0.3 is 10.3 Å². The first-order valence-electron chi connectivity index (χ1n) is 5.98. The molecule has 2 aromatic rings. The van der Waals surface area contributed by atoms with Crippen LogP contribution < -0.4 is 5.32 Å². The fourth-order valence-electron chi connectivity index (χ4n) is 1.73. The zero-order valence-corrected chi connectivity index (χ0v) is 10.3. The number of aromatic amines is 1. The summed E-state index contributed by atoms with van der Waals surface area (Å²) in [4.78, 5) is 18.7. The number of amides is 1. The summed E-state index contributed by atoms with van der Waals surface area (Å²) in [6, 6.07) is 11.6. The number of H-pyrrole nitrogens is 1. The molecule has 0 aliphatic rings. The van der Waals surface area contributed by atoms with Crippen LogP contribution in [-0.2, 0) is 17.8 Å². The first kappa shape index (κ1) is 12.8. The minimum absolute atomic E-state index is 0.263. The van der Waals surface area contributed by atoms with Crippen molar-refractivity contribution in [2.24, 2.45) is 5.92 Å². The predicted octanol–water partition coefficient (Wildman–Crippen LogP) is 1.41. The van der Waals surface area contributed by atoms with Crippen molar-refractivity contribution in [3.63, 3.8) is 0 Å². The molecule has 1 unspecified atom stereocenters. The summed E-state index contributed by atoms with van der Waals surface area (Å²) in [6.07, 6.45) is 3.61. The minimum atomic E-state index is -0.676. The van der Waals surface area contributed by atoms with E-state index in [0.29, 0.717) is 13.0 Å². The Kier molecular flexibility index (Phi) is 4.29. The van der Waals surface area contributed by atoms with Gasteiger partial charge in [-0.25, -0.2) is 4.98 Å². The van der Waals surface area contributed by atoms with Crippen molar-refractivity contribution in [1.82, 2.24) is 15.3 Å². The molecule has 2 N–H and O–H groups in total. The Bertz CT molecular complexity index is 557. The third-order valence-electron chi connectivity index (χ3n) is 2.76. The molecule has 1 heterocycles. The molecule has 1 aromatic carbocycles. The van der Waals surface area contributed by atoms with Crippen molar-refractivity contribution in [2.75, 3.05) is 0 Å². The van der Waals surface area contributed by atoms with Crippen LogP contribution in [0.15, 0.2) is 42.9 Å². The number of nitriles is 1. The number of nitrogens with one attached hydrogen (secondary N) is 2. The van der Waals surface area contributed by atoms with Gasteiger partial charge in [-0.1, -0.05) is 30.3 Å². The lowest BCUT2D eigenvalue weighted by Gasteiger charge is -2.09. The van der Waals surface area contributed by atoms with Crippen LogP contribution in [0, 0.1) is 17.2 Å². The topological polar surface area (TPSA) is 81.6 Å². The second-order valence-electron chi connectivity index (χ2n) is 4.17. The van der Waals surface area contributed by atoms with Gasteiger partial charge in [-0.15, -0.1) is 0 Å². The number of aromatic nitrogens is 2. The molecule has 96 valence electrons. The molecule has 0 saturated heterocycles. The highest BCUT2D eigenvalue weighted by Crippen LogP contribution is 2.08. The quantitative estimate of drug-likeness (QED) is 0.846. The van der Waals surface area contributed by atoms with Gasteiger partial charge >= 0.3 is 0 Å². The van der Waals surface area contributed by atoms with Crippen LogP contribution >= 0.6 is 0 Å². The molecule has 5 heteroatoms. The third kappa shape index (κ3) is 3.68. The maximum Gasteiger partial charge on any atom is 0.238 e. The van der Waals surface area contributed by atoms with Crippen LogP contribution in [-0.4, -0.2) is 15.9 Å². The summed E-state index contributed by atoms with van der Waals surface area (Å²) in [5.74, 6) is -0.939. The fourth-order valence-corrected chi connectivity index (χ4v) is 1.73. The molecule has 1 aromatic heterocycles. The largest absolute Gasteiger partial charge is 0.349 e. The lowest BCUT2D eigenvalue weighted by Crippen LogP contribution is -2.30. The first-order valence-corrected chi connectivity index (χ1v) is 5.98. The van der Waals surface area contributed by atoms with Crippen molar-refractivity contribution in [2.45, 2.75) is 13.0 Å². The highest BCUT2D eigenvalue weighted by atomic mass is 16.1. The van der Waals surface area contributed by atoms with E-state index in [9.17, 15) is 4.79 Å². The monoisotopic (exact) mass is 254 g/mol. The highest BCUT2D eigenvalue weighted by molar-refractivity contribution is 5.81. The number of rotatable bonds is 5. The number of carbonyl (C=O) groups is 1. The SMILES string of the molecule is N#CC(Cc1ccccc1)C(=O)NCc1cnc[nH]1. The number of nitrogens with zero attached hydrogens (tertiary/aromatic N) is 2. The highest BCUT2D eigenvalue weighted by Gasteiger charge is 2.17. The Balaban J connectivity index is 1.90. The van der Waals surface area contributed by atoms with E-state index in [-0.39, 0.29) is 5.91 Å². The minimum Gasteiger partial charge on any atom is -0.349 e. The molecule has 2 rings (SSSR count). The van der Waals surface area contributed by atoms with Crippen LogP contribution in [0.2, 0.25) is 0 Å². The fraction of sp³-hybridized carbons (Fsp3) is 0.214. The molecule has 0 spiro atoms. The molecular formula is C14H14N4O. The normalized spacial score (nSPS) is 11.5. The Labute approximate surface area is 111 Å². The van der Waals surface area contributed by atoms with Crippen LogP contribution in [0.5, 0.6) is 0 Å². The van der Waals surface area contributed by atoms with E-state index in [1.165, 1.54) is 0 Å². The zero-order chi connectivity index (χ0) is 13.5. The van der Waals surface area contributed by atoms with Gasteiger partial charge in [0.2, 0.25) is 5.91 Å². The van der Waals surface area contributed by atoms with Gasteiger partial charge in [-0.3, -0.25) is 4.79 Å². The molecule has 0 bridgehead atoms. The Morgan fingerprint density at radius 1 is 1.42 bits per heavy atom. The smallest absolute Gasteiger partial charge is 0.238 e. The maximum atomic E-state index is 11.9. The Morgan fingerprint density at radius 2 is 2.21 bits per heavy atom. The van der Waals surface area contributed by atoms with E-state index >= 15 is 0 Å². The molecule has 0 saturated carbocycles. The van der Waals surface area contributed by atoms with Crippen LogP contribution in [0.3, 0.4) is 0 Å². The van der Waals surface area contributed by atoms with E-state index in [2.05, 4.69) is 15.3 Å². The average Bonchev–Trinajstić information content (AvgIpc) is 2.96. The van der Waals surface area contributed by atoms with Gasteiger partial charge in [-0.2, -0.15) is 5.26 Å². The second kappa shape index (κ2) is 6.36. The van der Waals surface area contributed by atoms with Gasteiger partial charge in [0.25, 0.3) is 0 Å². The number of hydrogen-bond donors (Lipinski definition) is 2. The Morgan fingerprint density at radius 3 is 2.84 bits per heavy atom. The van der Waals surface area contributed by atoms with E-state index in [1.54, 1.807) is 12.5 Å². The van der Waals surface area contributed by atoms with E-state index in [1.807, 2.05) is 36.4 Å². The lowest BCUT2D eigenvalue weighted by atomic mass is 10.00. The number of hydrogen-bond acceptors (Lipinski definition) is 3. The summed E-state index contributed by atoms with van der Waals surface area (Å²) in [5.41, 5.74) is 1.79. The van der Waals surface area contributed by atoms with E-state index < -0.39 is 5.92 Å². The Hall–Kier alpha value is -2.61. The number of imidazole rings is 1. The summed E-state index contributed by atoms with van der Waals surface area (Å²) in [7, 11) is 0. The maximum absolute atomic E-state index is 11.9. The van der Waals surface area contributed by atoms with Crippen LogP contribution in [0.1, 0.15) is 11.3 Å². The molecule has 1 atom stereocenters. The van der Waals surface area contributed by atoms with Crippen molar-refractivity contribution in [1.29, 1.82) is 5.26 Å². The zero-order valence-electron chi connectivity index (χ0n) is 10.3. The van der Waals surface area contributed by atoms with Gasteiger partial charge in [0.05, 0.1) is 24.6 Å². The second-order valence-corrected chi connectivity index (χ2v) is 4.17. The summed E-state index contributed by atoms with van der Waals surface area (Å²) >= 11 is 0. The average molecular weight is 254 g/mol. The molecule has 0 aliphatic carbocycles. The van der Waals surface area contributed by atoms with Gasteiger partial charge in [0, 0.05) is 6.20 Å². The molecule has 0 aliphatic heterocycles. The first-order chi connectivity index (χ1) is 9.29. The molecule has 0 radical (unpaired) electrons. The lowest BCUT2D eigenvalue weighted by molar-refractivity contribution is -0.123. The van der Waals surface area contributed by atoms with E-state index in [0.717, 1.165) is 11.3 Å². The standard InChI is InChI=1S/C14H14N4O/c15-7-12(6-11-4-2-1-3-5-11)14(19)17-9-13-8-16-10-18-13/h1-5,8,10,12H,6,9H2,(H,16,18)(H,17,19). The van der Waals surface area contributed by atoms with E-state index in [4.69, 9.17) is 5.26 Å². The molecule has 19 heavy (non-hydrogen) atoms. The number of benzene rings is 1. The molecular weight excluding hydrogens is 240 g/mol.